The Morgan fingerprint density at radius 2 is 1.93 bits per heavy atom. The summed E-state index contributed by atoms with van der Waals surface area (Å²) in [6, 6.07) is 12.7. The Labute approximate surface area is 92.4 Å². The van der Waals surface area contributed by atoms with Gasteiger partial charge >= 0.3 is 0 Å². The van der Waals surface area contributed by atoms with Crippen molar-refractivity contribution in [2.75, 3.05) is 0 Å². The number of aromatic amines is 1. The van der Waals surface area contributed by atoms with Crippen LogP contribution in [0.15, 0.2) is 41.8 Å². The summed E-state index contributed by atoms with van der Waals surface area (Å²) in [6.45, 7) is 2.13. The third-order valence-corrected chi connectivity index (χ3v) is 3.55. The number of hydrogen-bond acceptors (Lipinski definition) is 1. The molecule has 3 rings (SSSR count). The highest BCUT2D eigenvalue weighted by molar-refractivity contribution is 7.13. The molecule has 15 heavy (non-hydrogen) atoms. The van der Waals surface area contributed by atoms with Gasteiger partial charge in [-0.1, -0.05) is 24.3 Å². The fourth-order valence-corrected chi connectivity index (χ4v) is 2.86. The molecule has 0 amide bonds. The molecule has 2 heterocycles. The average Bonchev–Trinajstić information content (AvgIpc) is 2.82. The Kier molecular flexibility index (Phi) is 1.89. The van der Waals surface area contributed by atoms with Crippen LogP contribution in [0.5, 0.6) is 0 Å². The zero-order valence-corrected chi connectivity index (χ0v) is 9.27. The summed E-state index contributed by atoms with van der Waals surface area (Å²) in [6.07, 6.45) is 0. The van der Waals surface area contributed by atoms with Gasteiger partial charge in [-0.25, -0.2) is 0 Å². The van der Waals surface area contributed by atoms with Crippen LogP contribution in [0.25, 0.3) is 21.3 Å². The van der Waals surface area contributed by atoms with Gasteiger partial charge in [-0.05, 0) is 24.4 Å². The highest BCUT2D eigenvalue weighted by atomic mass is 32.1. The van der Waals surface area contributed by atoms with Crippen LogP contribution >= 0.6 is 11.3 Å². The minimum atomic E-state index is 1.22. The molecule has 0 aliphatic heterocycles. The molecule has 0 radical (unpaired) electrons. The van der Waals surface area contributed by atoms with Crippen LogP contribution in [0.1, 0.15) is 5.69 Å². The minimum Gasteiger partial charge on any atom is -0.358 e. The number of benzene rings is 1. The van der Waals surface area contributed by atoms with Crippen LogP contribution in [-0.4, -0.2) is 4.98 Å². The molecule has 0 saturated carbocycles. The number of fused-ring (bicyclic) bond motifs is 1. The van der Waals surface area contributed by atoms with E-state index in [0.29, 0.717) is 0 Å². The normalized spacial score (nSPS) is 11.0. The van der Waals surface area contributed by atoms with Crippen LogP contribution in [0.2, 0.25) is 0 Å². The van der Waals surface area contributed by atoms with Crippen molar-refractivity contribution in [3.05, 3.63) is 47.5 Å². The first-order valence-electron chi connectivity index (χ1n) is 4.97. The second-order valence-corrected chi connectivity index (χ2v) is 4.60. The lowest BCUT2D eigenvalue weighted by Crippen LogP contribution is -1.73. The number of aryl methyl sites for hydroxylation is 1. The van der Waals surface area contributed by atoms with Gasteiger partial charge < -0.3 is 4.98 Å². The third-order valence-electron chi connectivity index (χ3n) is 2.66. The number of aromatic nitrogens is 1. The van der Waals surface area contributed by atoms with Crippen molar-refractivity contribution in [2.24, 2.45) is 0 Å². The van der Waals surface area contributed by atoms with Gasteiger partial charge in [0.2, 0.25) is 0 Å². The highest BCUT2D eigenvalue weighted by Gasteiger charge is 2.09. The Hall–Kier alpha value is -1.54. The SMILES string of the molecule is Cc1[nH]c2ccccc2c1-c1cccs1. The second-order valence-electron chi connectivity index (χ2n) is 3.65. The zero-order valence-electron chi connectivity index (χ0n) is 8.45. The Balaban J connectivity index is 2.39. The average molecular weight is 213 g/mol. The van der Waals surface area contributed by atoms with Crippen LogP contribution in [0, 0.1) is 6.92 Å². The van der Waals surface area contributed by atoms with E-state index >= 15 is 0 Å². The molecule has 0 fully saturated rings. The first-order chi connectivity index (χ1) is 7.36. The van der Waals surface area contributed by atoms with Gasteiger partial charge in [0, 0.05) is 27.0 Å². The lowest BCUT2D eigenvalue weighted by atomic mass is 10.1. The van der Waals surface area contributed by atoms with Gasteiger partial charge in [-0.2, -0.15) is 0 Å². The Morgan fingerprint density at radius 3 is 2.73 bits per heavy atom. The van der Waals surface area contributed by atoms with Gasteiger partial charge in [-0.15, -0.1) is 11.3 Å². The molecule has 0 spiro atoms. The zero-order chi connectivity index (χ0) is 10.3. The van der Waals surface area contributed by atoms with E-state index in [9.17, 15) is 0 Å². The van der Waals surface area contributed by atoms with E-state index in [1.54, 1.807) is 11.3 Å². The first kappa shape index (κ1) is 8.74. The highest BCUT2D eigenvalue weighted by Crippen LogP contribution is 2.34. The maximum Gasteiger partial charge on any atom is 0.0462 e. The molecule has 2 heteroatoms. The molecule has 0 atom stereocenters. The number of thiophene rings is 1. The van der Waals surface area contributed by atoms with Crippen LogP contribution in [0.3, 0.4) is 0 Å². The van der Waals surface area contributed by atoms with E-state index in [2.05, 4.69) is 53.7 Å². The predicted molar refractivity (Wildman–Crippen MR) is 66.3 cm³/mol. The van der Waals surface area contributed by atoms with E-state index in [1.807, 2.05) is 0 Å². The molecule has 0 saturated heterocycles. The van der Waals surface area contributed by atoms with Gasteiger partial charge in [-0.3, -0.25) is 0 Å². The Bertz CT molecular complexity index is 590. The molecular formula is C13H11NS. The Morgan fingerprint density at radius 1 is 1.07 bits per heavy atom. The molecule has 1 nitrogen and oxygen atoms in total. The van der Waals surface area contributed by atoms with Crippen molar-refractivity contribution in [2.45, 2.75) is 6.92 Å². The molecule has 0 aliphatic rings. The fourth-order valence-electron chi connectivity index (χ4n) is 2.01. The summed E-state index contributed by atoms with van der Waals surface area (Å²) in [7, 11) is 0. The summed E-state index contributed by atoms with van der Waals surface area (Å²) in [5.41, 5.74) is 3.82. The van der Waals surface area contributed by atoms with Gasteiger partial charge in [0.05, 0.1) is 0 Å². The molecule has 0 unspecified atom stereocenters. The van der Waals surface area contributed by atoms with Crippen molar-refractivity contribution < 1.29 is 0 Å². The van der Waals surface area contributed by atoms with Crippen molar-refractivity contribution >= 4 is 22.2 Å². The van der Waals surface area contributed by atoms with E-state index in [4.69, 9.17) is 0 Å². The molecule has 1 aromatic carbocycles. The molecular weight excluding hydrogens is 202 g/mol. The first-order valence-corrected chi connectivity index (χ1v) is 5.85. The number of nitrogens with one attached hydrogen (secondary N) is 1. The third kappa shape index (κ3) is 1.29. The molecule has 0 bridgehead atoms. The van der Waals surface area contributed by atoms with Crippen LogP contribution in [0.4, 0.5) is 0 Å². The molecule has 0 aliphatic carbocycles. The summed E-state index contributed by atoms with van der Waals surface area (Å²) in [4.78, 5) is 4.76. The quantitative estimate of drug-likeness (QED) is 0.623. The standard InChI is InChI=1S/C13H11NS/c1-9-13(12-7-4-8-15-12)10-5-2-3-6-11(10)14-9/h2-8,14H,1H3. The number of para-hydroxylation sites is 1. The van der Waals surface area contributed by atoms with E-state index in [-0.39, 0.29) is 0 Å². The summed E-state index contributed by atoms with van der Waals surface area (Å²) in [5.74, 6) is 0. The lowest BCUT2D eigenvalue weighted by molar-refractivity contribution is 1.30. The van der Waals surface area contributed by atoms with Crippen LogP contribution in [-0.2, 0) is 0 Å². The molecule has 2 aromatic heterocycles. The van der Waals surface area contributed by atoms with Crippen LogP contribution < -0.4 is 0 Å². The predicted octanol–water partition coefficient (Wildman–Crippen LogP) is 4.20. The number of hydrogen-bond donors (Lipinski definition) is 1. The number of H-pyrrole nitrogens is 1. The van der Waals surface area contributed by atoms with Crippen molar-refractivity contribution in [3.8, 4) is 10.4 Å². The second kappa shape index (κ2) is 3.24. The largest absolute Gasteiger partial charge is 0.358 e. The van der Waals surface area contributed by atoms with Gasteiger partial charge in [0.1, 0.15) is 0 Å². The van der Waals surface area contributed by atoms with Gasteiger partial charge in [0.25, 0.3) is 0 Å². The van der Waals surface area contributed by atoms with Crippen molar-refractivity contribution in [1.82, 2.24) is 4.98 Å². The monoisotopic (exact) mass is 213 g/mol. The van der Waals surface area contributed by atoms with E-state index in [1.165, 1.54) is 27.0 Å². The maximum atomic E-state index is 3.42. The van der Waals surface area contributed by atoms with Crippen molar-refractivity contribution in [3.63, 3.8) is 0 Å². The lowest BCUT2D eigenvalue weighted by Gasteiger charge is -1.96. The van der Waals surface area contributed by atoms with E-state index in [0.717, 1.165) is 0 Å². The number of rotatable bonds is 1. The fraction of sp³-hybridized carbons (Fsp3) is 0.0769. The summed E-state index contributed by atoms with van der Waals surface area (Å²) < 4.78 is 0. The molecule has 1 N–H and O–H groups in total. The van der Waals surface area contributed by atoms with Crippen molar-refractivity contribution in [1.29, 1.82) is 0 Å². The van der Waals surface area contributed by atoms with E-state index < -0.39 is 0 Å². The summed E-state index contributed by atoms with van der Waals surface area (Å²) in [5, 5.41) is 3.44. The minimum absolute atomic E-state index is 1.22. The molecule has 74 valence electrons. The summed E-state index contributed by atoms with van der Waals surface area (Å²) >= 11 is 1.79. The smallest absolute Gasteiger partial charge is 0.0462 e. The maximum absolute atomic E-state index is 3.42. The van der Waals surface area contributed by atoms with Gasteiger partial charge in [0.15, 0.2) is 0 Å². The molecule has 3 aromatic rings. The topological polar surface area (TPSA) is 15.8 Å².